The third kappa shape index (κ3) is 2.94. The molecule has 0 atom stereocenters. The molecule has 1 saturated heterocycles. The van der Waals surface area contributed by atoms with Gasteiger partial charge < -0.3 is 14.8 Å². The van der Waals surface area contributed by atoms with Crippen LogP contribution in [-0.4, -0.2) is 34.0 Å². The van der Waals surface area contributed by atoms with Gasteiger partial charge in [0.2, 0.25) is 0 Å². The number of pyridine rings is 1. The van der Waals surface area contributed by atoms with Crippen molar-refractivity contribution >= 4 is 16.5 Å². The normalized spacial score (nSPS) is 18.0. The van der Waals surface area contributed by atoms with Gasteiger partial charge in [-0.05, 0) is 55.6 Å². The molecule has 0 unspecified atom stereocenters. The molecule has 2 aliphatic rings. The van der Waals surface area contributed by atoms with E-state index in [4.69, 9.17) is 0 Å². The molecule has 4 heterocycles. The van der Waals surface area contributed by atoms with E-state index >= 15 is 0 Å². The standard InChI is InChI=1S/C21H25N5O/c1-24-13-16-14-25(10-7-20(16)23-24)18-2-3-19-15(12-18)6-11-26(21(19)27)17-4-8-22-9-5-17/h2-3,6,11-13,17,22H,4-5,7-10,14H2,1H3. The summed E-state index contributed by atoms with van der Waals surface area (Å²) in [7, 11) is 1.98. The van der Waals surface area contributed by atoms with Crippen LogP contribution < -0.4 is 15.8 Å². The number of piperidine rings is 1. The van der Waals surface area contributed by atoms with Crippen LogP contribution in [0.25, 0.3) is 10.8 Å². The Kier molecular flexibility index (Phi) is 4.01. The van der Waals surface area contributed by atoms with E-state index in [0.29, 0.717) is 6.04 Å². The second-order valence-corrected chi connectivity index (χ2v) is 7.73. The minimum absolute atomic E-state index is 0.138. The summed E-state index contributed by atoms with van der Waals surface area (Å²) in [5.41, 5.74) is 3.82. The summed E-state index contributed by atoms with van der Waals surface area (Å²) >= 11 is 0. The first-order valence-electron chi connectivity index (χ1n) is 9.81. The van der Waals surface area contributed by atoms with Crippen molar-refractivity contribution in [3.8, 4) is 0 Å². The third-order valence-corrected chi connectivity index (χ3v) is 5.95. The second-order valence-electron chi connectivity index (χ2n) is 7.73. The van der Waals surface area contributed by atoms with Gasteiger partial charge in [-0.15, -0.1) is 0 Å². The fraction of sp³-hybridized carbons (Fsp3) is 0.429. The third-order valence-electron chi connectivity index (χ3n) is 5.95. The van der Waals surface area contributed by atoms with Crippen molar-refractivity contribution in [1.82, 2.24) is 19.7 Å². The van der Waals surface area contributed by atoms with Crippen LogP contribution >= 0.6 is 0 Å². The molecule has 0 spiro atoms. The minimum Gasteiger partial charge on any atom is -0.367 e. The van der Waals surface area contributed by atoms with Crippen LogP contribution in [0.4, 0.5) is 5.69 Å². The first kappa shape index (κ1) is 16.6. The molecule has 1 fully saturated rings. The number of rotatable bonds is 2. The Bertz CT molecular complexity index is 1040. The molecule has 6 heteroatoms. The Balaban J connectivity index is 1.47. The van der Waals surface area contributed by atoms with E-state index in [1.54, 1.807) is 0 Å². The van der Waals surface area contributed by atoms with Crippen LogP contribution in [0.1, 0.15) is 30.1 Å². The van der Waals surface area contributed by atoms with Gasteiger partial charge in [0.05, 0.1) is 5.69 Å². The van der Waals surface area contributed by atoms with Crippen molar-refractivity contribution < 1.29 is 0 Å². The number of aryl methyl sites for hydroxylation is 1. The summed E-state index contributed by atoms with van der Waals surface area (Å²) in [4.78, 5) is 15.4. The first-order chi connectivity index (χ1) is 13.2. The summed E-state index contributed by atoms with van der Waals surface area (Å²) in [6, 6.07) is 8.67. The van der Waals surface area contributed by atoms with Gasteiger partial charge in [-0.1, -0.05) is 0 Å². The maximum Gasteiger partial charge on any atom is 0.258 e. The molecule has 0 amide bonds. The molecular weight excluding hydrogens is 338 g/mol. The molecule has 5 rings (SSSR count). The predicted octanol–water partition coefficient (Wildman–Crippen LogP) is 2.22. The summed E-state index contributed by atoms with van der Waals surface area (Å²) in [6.45, 7) is 3.81. The summed E-state index contributed by atoms with van der Waals surface area (Å²) in [5, 5.41) is 9.75. The van der Waals surface area contributed by atoms with Crippen LogP contribution in [0.15, 0.2) is 41.5 Å². The highest BCUT2D eigenvalue weighted by atomic mass is 16.1. The zero-order valence-electron chi connectivity index (χ0n) is 15.7. The van der Waals surface area contributed by atoms with Gasteiger partial charge in [0, 0.05) is 61.6 Å². The van der Waals surface area contributed by atoms with Gasteiger partial charge in [-0.3, -0.25) is 9.48 Å². The van der Waals surface area contributed by atoms with E-state index in [2.05, 4.69) is 39.7 Å². The summed E-state index contributed by atoms with van der Waals surface area (Å²) < 4.78 is 3.84. The maximum atomic E-state index is 13.0. The van der Waals surface area contributed by atoms with Gasteiger partial charge in [-0.25, -0.2) is 0 Å². The average Bonchev–Trinajstić information content (AvgIpc) is 3.08. The van der Waals surface area contributed by atoms with Crippen molar-refractivity contribution in [3.05, 3.63) is 58.3 Å². The zero-order valence-corrected chi connectivity index (χ0v) is 15.7. The largest absolute Gasteiger partial charge is 0.367 e. The van der Waals surface area contributed by atoms with Crippen LogP contribution in [0.2, 0.25) is 0 Å². The second kappa shape index (κ2) is 6.53. The van der Waals surface area contributed by atoms with E-state index in [-0.39, 0.29) is 5.56 Å². The lowest BCUT2D eigenvalue weighted by Gasteiger charge is -2.29. The van der Waals surface area contributed by atoms with Crippen molar-refractivity contribution in [3.63, 3.8) is 0 Å². The molecule has 1 N–H and O–H groups in total. The van der Waals surface area contributed by atoms with Gasteiger partial charge in [0.1, 0.15) is 0 Å². The summed E-state index contributed by atoms with van der Waals surface area (Å²) in [6.07, 6.45) is 7.10. The Morgan fingerprint density at radius 3 is 2.89 bits per heavy atom. The van der Waals surface area contributed by atoms with Gasteiger partial charge in [0.25, 0.3) is 5.56 Å². The monoisotopic (exact) mass is 363 g/mol. The van der Waals surface area contributed by atoms with E-state index in [1.807, 2.05) is 28.6 Å². The number of nitrogens with zero attached hydrogens (tertiary/aromatic N) is 4. The molecule has 140 valence electrons. The molecule has 6 nitrogen and oxygen atoms in total. The van der Waals surface area contributed by atoms with Crippen LogP contribution in [0.5, 0.6) is 0 Å². The number of hydrogen-bond acceptors (Lipinski definition) is 4. The van der Waals surface area contributed by atoms with E-state index < -0.39 is 0 Å². The highest BCUT2D eigenvalue weighted by Gasteiger charge is 2.20. The van der Waals surface area contributed by atoms with Crippen LogP contribution in [0.3, 0.4) is 0 Å². The van der Waals surface area contributed by atoms with E-state index in [0.717, 1.165) is 56.2 Å². The van der Waals surface area contributed by atoms with E-state index in [9.17, 15) is 4.79 Å². The Morgan fingerprint density at radius 1 is 1.19 bits per heavy atom. The fourth-order valence-electron chi connectivity index (χ4n) is 4.49. The molecule has 0 aliphatic carbocycles. The SMILES string of the molecule is Cn1cc2c(n1)CCN(c1ccc3c(=O)n(C4CCNCC4)ccc3c1)C2. The average molecular weight is 363 g/mol. The number of hydrogen-bond donors (Lipinski definition) is 1. The molecule has 27 heavy (non-hydrogen) atoms. The number of fused-ring (bicyclic) bond motifs is 2. The molecule has 0 radical (unpaired) electrons. The lowest BCUT2D eigenvalue weighted by Crippen LogP contribution is -2.34. The Morgan fingerprint density at radius 2 is 2.04 bits per heavy atom. The molecule has 0 bridgehead atoms. The number of benzene rings is 1. The molecule has 2 aliphatic heterocycles. The van der Waals surface area contributed by atoms with Crippen molar-refractivity contribution in [2.24, 2.45) is 7.05 Å². The van der Waals surface area contributed by atoms with E-state index in [1.165, 1.54) is 16.9 Å². The Hall–Kier alpha value is -2.60. The highest BCUT2D eigenvalue weighted by Crippen LogP contribution is 2.27. The quantitative estimate of drug-likeness (QED) is 0.759. The molecule has 3 aromatic rings. The topological polar surface area (TPSA) is 55.1 Å². The van der Waals surface area contributed by atoms with Crippen molar-refractivity contribution in [2.75, 3.05) is 24.5 Å². The zero-order chi connectivity index (χ0) is 18.4. The lowest BCUT2D eigenvalue weighted by atomic mass is 10.0. The Labute approximate surface area is 158 Å². The van der Waals surface area contributed by atoms with Crippen LogP contribution in [0, 0.1) is 0 Å². The molecule has 0 saturated carbocycles. The highest BCUT2D eigenvalue weighted by molar-refractivity contribution is 5.85. The summed E-state index contributed by atoms with van der Waals surface area (Å²) in [5.74, 6) is 0. The van der Waals surface area contributed by atoms with Crippen molar-refractivity contribution in [1.29, 1.82) is 0 Å². The fourth-order valence-corrected chi connectivity index (χ4v) is 4.49. The minimum atomic E-state index is 0.138. The lowest BCUT2D eigenvalue weighted by molar-refractivity contribution is 0.362. The molecular formula is C21H25N5O. The number of anilines is 1. The number of nitrogens with one attached hydrogen (secondary N) is 1. The van der Waals surface area contributed by atoms with Gasteiger partial charge in [-0.2, -0.15) is 5.10 Å². The predicted molar refractivity (Wildman–Crippen MR) is 107 cm³/mol. The van der Waals surface area contributed by atoms with Crippen molar-refractivity contribution in [2.45, 2.75) is 31.8 Å². The first-order valence-corrected chi connectivity index (χ1v) is 9.81. The molecule has 2 aromatic heterocycles. The number of aromatic nitrogens is 3. The maximum absolute atomic E-state index is 13.0. The van der Waals surface area contributed by atoms with Gasteiger partial charge in [0.15, 0.2) is 0 Å². The van der Waals surface area contributed by atoms with Crippen LogP contribution in [-0.2, 0) is 20.0 Å². The smallest absolute Gasteiger partial charge is 0.258 e. The molecule has 1 aromatic carbocycles. The van der Waals surface area contributed by atoms with Gasteiger partial charge >= 0.3 is 0 Å².